The van der Waals surface area contributed by atoms with Crippen LogP contribution in [-0.2, 0) is 5.92 Å². The Morgan fingerprint density at radius 3 is 2.77 bits per heavy atom. The van der Waals surface area contributed by atoms with Crippen LogP contribution in [0.15, 0.2) is 24.4 Å². The first-order valence-electron chi connectivity index (χ1n) is 4.11. The molecule has 0 unspecified atom stereocenters. The molecule has 1 aromatic rings. The number of aromatic nitrogens is 1. The fourth-order valence-corrected chi connectivity index (χ4v) is 0.989. The van der Waals surface area contributed by atoms with E-state index < -0.39 is 5.92 Å². The maximum atomic E-state index is 13.2. The number of halogens is 2. The van der Waals surface area contributed by atoms with Gasteiger partial charge in [0.1, 0.15) is 5.69 Å². The molecule has 13 heavy (non-hydrogen) atoms. The second kappa shape index (κ2) is 4.28. The monoisotopic (exact) mass is 186 g/mol. The molecule has 0 fully saturated rings. The number of nitrogens with zero attached hydrogens (tertiary/aromatic N) is 1. The van der Waals surface area contributed by atoms with E-state index in [1.165, 1.54) is 12.3 Å². The molecule has 1 N–H and O–H groups in total. The molecule has 0 atom stereocenters. The largest absolute Gasteiger partial charge is 0.320 e. The van der Waals surface area contributed by atoms with E-state index in [1.54, 1.807) is 19.2 Å². The highest BCUT2D eigenvalue weighted by Crippen LogP contribution is 2.28. The lowest BCUT2D eigenvalue weighted by molar-refractivity contribution is -0.0167. The van der Waals surface area contributed by atoms with Crippen LogP contribution in [0.1, 0.15) is 12.1 Å². The van der Waals surface area contributed by atoms with E-state index in [4.69, 9.17) is 0 Å². The Labute approximate surface area is 76.0 Å². The van der Waals surface area contributed by atoms with Gasteiger partial charge in [-0.05, 0) is 19.2 Å². The SMILES string of the molecule is CNCCC(F)(F)c1ccccn1. The molecule has 0 radical (unpaired) electrons. The van der Waals surface area contributed by atoms with E-state index in [1.807, 2.05) is 0 Å². The van der Waals surface area contributed by atoms with Gasteiger partial charge in [-0.1, -0.05) is 6.07 Å². The average molecular weight is 186 g/mol. The van der Waals surface area contributed by atoms with Gasteiger partial charge in [0, 0.05) is 19.2 Å². The van der Waals surface area contributed by atoms with Gasteiger partial charge in [-0.15, -0.1) is 0 Å². The molecule has 0 saturated heterocycles. The minimum absolute atomic E-state index is 0.162. The first kappa shape index (κ1) is 10.1. The summed E-state index contributed by atoms with van der Waals surface area (Å²) >= 11 is 0. The lowest BCUT2D eigenvalue weighted by atomic mass is 10.1. The van der Waals surface area contributed by atoms with Gasteiger partial charge in [-0.25, -0.2) is 0 Å². The highest BCUT2D eigenvalue weighted by molar-refractivity contribution is 5.09. The van der Waals surface area contributed by atoms with Crippen molar-refractivity contribution in [2.45, 2.75) is 12.3 Å². The number of pyridine rings is 1. The van der Waals surface area contributed by atoms with E-state index in [0.29, 0.717) is 0 Å². The molecule has 0 saturated carbocycles. The summed E-state index contributed by atoms with van der Waals surface area (Å²) in [6, 6.07) is 4.53. The molecule has 0 bridgehead atoms. The Balaban J connectivity index is 2.69. The van der Waals surface area contributed by atoms with Crippen LogP contribution in [0.4, 0.5) is 8.78 Å². The van der Waals surface area contributed by atoms with Crippen LogP contribution in [0.2, 0.25) is 0 Å². The van der Waals surface area contributed by atoms with E-state index in [2.05, 4.69) is 10.3 Å². The van der Waals surface area contributed by atoms with Crippen LogP contribution in [0.3, 0.4) is 0 Å². The number of alkyl halides is 2. The van der Waals surface area contributed by atoms with Gasteiger partial charge in [0.05, 0.1) is 0 Å². The minimum atomic E-state index is -2.83. The maximum Gasteiger partial charge on any atom is 0.290 e. The fraction of sp³-hybridized carbons (Fsp3) is 0.444. The van der Waals surface area contributed by atoms with Crippen molar-refractivity contribution in [3.63, 3.8) is 0 Å². The molecule has 0 aromatic carbocycles. The van der Waals surface area contributed by atoms with Gasteiger partial charge in [0.15, 0.2) is 0 Å². The molecular weight excluding hydrogens is 174 g/mol. The molecule has 4 heteroatoms. The quantitative estimate of drug-likeness (QED) is 0.775. The smallest absolute Gasteiger partial charge is 0.290 e. The number of hydrogen-bond donors (Lipinski definition) is 1. The summed E-state index contributed by atoms with van der Waals surface area (Å²) < 4.78 is 26.5. The topological polar surface area (TPSA) is 24.9 Å². The summed E-state index contributed by atoms with van der Waals surface area (Å²) in [5.74, 6) is -2.83. The van der Waals surface area contributed by atoms with Crippen LogP contribution < -0.4 is 5.32 Å². The molecular formula is C9H12F2N2. The number of hydrogen-bond acceptors (Lipinski definition) is 2. The van der Waals surface area contributed by atoms with Crippen molar-refractivity contribution in [2.75, 3.05) is 13.6 Å². The van der Waals surface area contributed by atoms with Crippen LogP contribution in [-0.4, -0.2) is 18.6 Å². The zero-order chi connectivity index (χ0) is 9.73. The van der Waals surface area contributed by atoms with Gasteiger partial charge >= 0.3 is 0 Å². The van der Waals surface area contributed by atoms with E-state index >= 15 is 0 Å². The lowest BCUT2D eigenvalue weighted by Crippen LogP contribution is -2.21. The highest BCUT2D eigenvalue weighted by Gasteiger charge is 2.31. The maximum absolute atomic E-state index is 13.2. The van der Waals surface area contributed by atoms with Gasteiger partial charge in [0.25, 0.3) is 5.92 Å². The molecule has 1 rings (SSSR count). The zero-order valence-electron chi connectivity index (χ0n) is 7.43. The van der Waals surface area contributed by atoms with Crippen molar-refractivity contribution in [3.8, 4) is 0 Å². The van der Waals surface area contributed by atoms with Gasteiger partial charge in [0.2, 0.25) is 0 Å². The summed E-state index contributed by atoms with van der Waals surface area (Å²) in [7, 11) is 1.65. The van der Waals surface area contributed by atoms with Crippen LogP contribution in [0.25, 0.3) is 0 Å². The Morgan fingerprint density at radius 2 is 2.23 bits per heavy atom. The second-order valence-corrected chi connectivity index (χ2v) is 2.77. The molecule has 0 aliphatic carbocycles. The molecule has 1 heterocycles. The first-order chi connectivity index (χ1) is 6.17. The van der Waals surface area contributed by atoms with Crippen molar-refractivity contribution in [1.82, 2.24) is 10.3 Å². The molecule has 0 amide bonds. The third kappa shape index (κ3) is 2.73. The Morgan fingerprint density at radius 1 is 1.46 bits per heavy atom. The molecule has 2 nitrogen and oxygen atoms in total. The van der Waals surface area contributed by atoms with Crippen LogP contribution in [0, 0.1) is 0 Å². The summed E-state index contributed by atoms with van der Waals surface area (Å²) in [6.45, 7) is 0.281. The average Bonchev–Trinajstić information content (AvgIpc) is 2.16. The molecule has 0 aliphatic rings. The van der Waals surface area contributed by atoms with Crippen molar-refractivity contribution in [2.24, 2.45) is 0 Å². The summed E-state index contributed by atoms with van der Waals surface area (Å²) in [5.41, 5.74) is -0.162. The van der Waals surface area contributed by atoms with E-state index in [9.17, 15) is 8.78 Å². The second-order valence-electron chi connectivity index (χ2n) is 2.77. The summed E-state index contributed by atoms with van der Waals surface area (Å²) in [6.07, 6.45) is 1.16. The number of nitrogens with one attached hydrogen (secondary N) is 1. The zero-order valence-corrected chi connectivity index (χ0v) is 7.43. The Bertz CT molecular complexity index is 249. The minimum Gasteiger partial charge on any atom is -0.320 e. The third-order valence-corrected chi connectivity index (χ3v) is 1.73. The van der Waals surface area contributed by atoms with Crippen LogP contribution >= 0.6 is 0 Å². The van der Waals surface area contributed by atoms with Gasteiger partial charge in [-0.2, -0.15) is 8.78 Å². The normalized spacial score (nSPS) is 11.6. The summed E-state index contributed by atoms with van der Waals surface area (Å²) in [4.78, 5) is 3.63. The summed E-state index contributed by atoms with van der Waals surface area (Å²) in [5, 5.41) is 2.69. The first-order valence-corrected chi connectivity index (χ1v) is 4.11. The van der Waals surface area contributed by atoms with Crippen LogP contribution in [0.5, 0.6) is 0 Å². The molecule has 72 valence electrons. The Hall–Kier alpha value is -1.03. The predicted octanol–water partition coefficient (Wildman–Crippen LogP) is 1.78. The van der Waals surface area contributed by atoms with E-state index in [0.717, 1.165) is 0 Å². The Kier molecular flexibility index (Phi) is 3.31. The molecule has 1 aromatic heterocycles. The van der Waals surface area contributed by atoms with Crippen molar-refractivity contribution >= 4 is 0 Å². The van der Waals surface area contributed by atoms with Gasteiger partial charge < -0.3 is 5.32 Å². The predicted molar refractivity (Wildman–Crippen MR) is 46.7 cm³/mol. The third-order valence-electron chi connectivity index (χ3n) is 1.73. The molecule has 0 spiro atoms. The highest BCUT2D eigenvalue weighted by atomic mass is 19.3. The number of rotatable bonds is 4. The van der Waals surface area contributed by atoms with Crippen molar-refractivity contribution in [3.05, 3.63) is 30.1 Å². The van der Waals surface area contributed by atoms with Gasteiger partial charge in [-0.3, -0.25) is 4.98 Å². The van der Waals surface area contributed by atoms with Crippen molar-refractivity contribution in [1.29, 1.82) is 0 Å². The lowest BCUT2D eigenvalue weighted by Gasteiger charge is -2.14. The molecule has 0 aliphatic heterocycles. The standard InChI is InChI=1S/C9H12F2N2/c1-12-7-5-9(10,11)8-4-2-3-6-13-8/h2-4,6,12H,5,7H2,1H3. The fourth-order valence-electron chi connectivity index (χ4n) is 0.989. The van der Waals surface area contributed by atoms with Crippen molar-refractivity contribution < 1.29 is 8.78 Å². The van der Waals surface area contributed by atoms with E-state index in [-0.39, 0.29) is 18.7 Å².